The van der Waals surface area contributed by atoms with Crippen molar-refractivity contribution in [3.63, 3.8) is 0 Å². The Morgan fingerprint density at radius 2 is 1.74 bits per heavy atom. The molecule has 0 spiro atoms. The van der Waals surface area contributed by atoms with Gasteiger partial charge in [0.1, 0.15) is 0 Å². The summed E-state index contributed by atoms with van der Waals surface area (Å²) in [5, 5.41) is 9.18. The number of benzene rings is 1. The van der Waals surface area contributed by atoms with Crippen LogP contribution in [0.5, 0.6) is 5.75 Å². The van der Waals surface area contributed by atoms with Crippen molar-refractivity contribution in [1.29, 1.82) is 0 Å². The summed E-state index contributed by atoms with van der Waals surface area (Å²) >= 11 is 0. The monoisotopic (exact) mass is 267 g/mol. The van der Waals surface area contributed by atoms with Gasteiger partial charge in [-0.1, -0.05) is 6.07 Å². The summed E-state index contributed by atoms with van der Waals surface area (Å²) in [5.74, 6) is -1.72. The van der Waals surface area contributed by atoms with Crippen molar-refractivity contribution in [2.24, 2.45) is 5.73 Å². The van der Waals surface area contributed by atoms with Crippen molar-refractivity contribution >= 4 is 7.12 Å². The average molecular weight is 267 g/mol. The molecule has 0 saturated carbocycles. The smallest absolute Gasteiger partial charge is 0.480 e. The van der Waals surface area contributed by atoms with Gasteiger partial charge in [-0.05, 0) is 45.4 Å². The summed E-state index contributed by atoms with van der Waals surface area (Å²) in [6.07, 6.45) is 0. The van der Waals surface area contributed by atoms with Crippen LogP contribution in [-0.2, 0) is 9.31 Å². The lowest BCUT2D eigenvalue weighted by atomic mass is 9.75. The van der Waals surface area contributed by atoms with E-state index in [0.29, 0.717) is 5.56 Å². The zero-order valence-corrected chi connectivity index (χ0v) is 11.6. The van der Waals surface area contributed by atoms with Crippen molar-refractivity contribution in [3.05, 3.63) is 29.6 Å². The van der Waals surface area contributed by atoms with Gasteiger partial charge >= 0.3 is 7.12 Å². The Balaban J connectivity index is 2.22. The predicted molar refractivity (Wildman–Crippen MR) is 71.1 cm³/mol. The van der Waals surface area contributed by atoms with Gasteiger partial charge in [-0.3, -0.25) is 0 Å². The summed E-state index contributed by atoms with van der Waals surface area (Å²) in [6, 6.07) is 4.04. The minimum absolute atomic E-state index is 0.398. The molecule has 0 aliphatic carbocycles. The first-order chi connectivity index (χ1) is 8.64. The molecule has 1 saturated heterocycles. The van der Waals surface area contributed by atoms with Crippen LogP contribution in [0.1, 0.15) is 39.2 Å². The maximum Gasteiger partial charge on any atom is 0.480 e. The van der Waals surface area contributed by atoms with E-state index in [4.69, 9.17) is 15.0 Å². The highest BCUT2D eigenvalue weighted by atomic mass is 19.1. The topological polar surface area (TPSA) is 64.7 Å². The highest BCUT2D eigenvalue weighted by Crippen LogP contribution is 2.39. The van der Waals surface area contributed by atoms with Crippen molar-refractivity contribution in [3.8, 4) is 5.75 Å². The minimum atomic E-state index is -0.704. The molecule has 1 aromatic carbocycles. The lowest BCUT2D eigenvalue weighted by Gasteiger charge is -2.32. The van der Waals surface area contributed by atoms with E-state index in [9.17, 15) is 9.50 Å². The first kappa shape index (κ1) is 14.3. The highest BCUT2D eigenvalue weighted by molar-refractivity contribution is 6.47. The molecule has 1 atom stereocenters. The zero-order valence-electron chi connectivity index (χ0n) is 11.6. The van der Waals surface area contributed by atoms with E-state index < -0.39 is 35.8 Å². The molecule has 4 nitrogen and oxygen atoms in total. The van der Waals surface area contributed by atoms with E-state index in [2.05, 4.69) is 0 Å². The second-order valence-electron chi connectivity index (χ2n) is 5.86. The normalized spacial score (nSPS) is 22.5. The number of aromatic hydroxyl groups is 1. The van der Waals surface area contributed by atoms with Gasteiger partial charge in [0.15, 0.2) is 11.6 Å². The van der Waals surface area contributed by atoms with Gasteiger partial charge in [-0.25, -0.2) is 4.39 Å². The first-order valence-electron chi connectivity index (χ1n) is 6.24. The third-order valence-electron chi connectivity index (χ3n) is 3.92. The second-order valence-corrected chi connectivity index (χ2v) is 5.86. The lowest BCUT2D eigenvalue weighted by molar-refractivity contribution is 0.00578. The number of hydrogen-bond acceptors (Lipinski definition) is 4. The number of phenols is 1. The van der Waals surface area contributed by atoms with Crippen LogP contribution in [0.3, 0.4) is 0 Å². The molecule has 1 fully saturated rings. The van der Waals surface area contributed by atoms with Crippen molar-refractivity contribution in [2.75, 3.05) is 0 Å². The average Bonchev–Trinajstić information content (AvgIpc) is 2.51. The molecule has 1 aromatic rings. The van der Waals surface area contributed by atoms with Crippen LogP contribution in [0.15, 0.2) is 18.2 Å². The Hall–Kier alpha value is -1.11. The Labute approximate surface area is 112 Å². The Kier molecular flexibility index (Phi) is 3.37. The van der Waals surface area contributed by atoms with Gasteiger partial charge in [-0.2, -0.15) is 0 Å². The standard InChI is InChI=1S/C13H19BFNO3/c1-12(2)13(3,4)19-14(18-12)11(16)8-5-6-10(17)9(15)7-8/h5-7,11,17H,16H2,1-4H3/t11-/m0/s1. The summed E-state index contributed by atoms with van der Waals surface area (Å²) in [7, 11) is -0.644. The van der Waals surface area contributed by atoms with E-state index in [0.717, 1.165) is 0 Å². The van der Waals surface area contributed by atoms with E-state index >= 15 is 0 Å². The molecule has 0 radical (unpaired) electrons. The Bertz CT molecular complexity index is 477. The van der Waals surface area contributed by atoms with Crippen LogP contribution in [0.2, 0.25) is 0 Å². The van der Waals surface area contributed by atoms with E-state index in [1.54, 1.807) is 6.07 Å². The molecule has 2 rings (SSSR count). The molecule has 0 unspecified atom stereocenters. The molecule has 104 valence electrons. The quantitative estimate of drug-likeness (QED) is 0.806. The van der Waals surface area contributed by atoms with Gasteiger partial charge in [-0.15, -0.1) is 0 Å². The fourth-order valence-electron chi connectivity index (χ4n) is 1.92. The third kappa shape index (κ3) is 2.48. The summed E-state index contributed by atoms with van der Waals surface area (Å²) in [4.78, 5) is 0. The van der Waals surface area contributed by atoms with Crippen LogP contribution in [0.25, 0.3) is 0 Å². The lowest BCUT2D eigenvalue weighted by Crippen LogP contribution is -2.41. The van der Waals surface area contributed by atoms with Crippen molar-refractivity contribution in [2.45, 2.75) is 44.8 Å². The Morgan fingerprint density at radius 3 is 2.21 bits per heavy atom. The van der Waals surface area contributed by atoms with Crippen LogP contribution >= 0.6 is 0 Å². The van der Waals surface area contributed by atoms with Gasteiger partial charge < -0.3 is 20.1 Å². The molecule has 1 aliphatic heterocycles. The van der Waals surface area contributed by atoms with E-state index in [1.807, 2.05) is 27.7 Å². The SMILES string of the molecule is CC1(C)OB([C@@H](N)c2ccc(O)c(F)c2)OC1(C)C. The summed E-state index contributed by atoms with van der Waals surface area (Å²) in [5.41, 5.74) is 5.62. The number of phenolic OH excluding ortho intramolecular Hbond substituents is 1. The largest absolute Gasteiger partial charge is 0.505 e. The van der Waals surface area contributed by atoms with Crippen LogP contribution in [0, 0.1) is 5.82 Å². The molecule has 0 amide bonds. The third-order valence-corrected chi connectivity index (χ3v) is 3.92. The molecule has 6 heteroatoms. The van der Waals surface area contributed by atoms with Crippen LogP contribution in [-0.4, -0.2) is 23.4 Å². The summed E-state index contributed by atoms with van der Waals surface area (Å²) in [6.45, 7) is 7.71. The molecule has 1 heterocycles. The maximum absolute atomic E-state index is 13.3. The van der Waals surface area contributed by atoms with Crippen LogP contribution < -0.4 is 5.73 Å². The second kappa shape index (κ2) is 4.47. The number of hydrogen-bond donors (Lipinski definition) is 2. The van der Waals surface area contributed by atoms with Crippen LogP contribution in [0.4, 0.5) is 4.39 Å². The zero-order chi connectivity index (χ0) is 14.4. The molecule has 19 heavy (non-hydrogen) atoms. The highest BCUT2D eigenvalue weighted by Gasteiger charge is 2.53. The van der Waals surface area contributed by atoms with Gasteiger partial charge in [0.05, 0.1) is 17.1 Å². The molecule has 1 aliphatic rings. The fraction of sp³-hybridized carbons (Fsp3) is 0.538. The van der Waals surface area contributed by atoms with Crippen molar-refractivity contribution in [1.82, 2.24) is 0 Å². The Morgan fingerprint density at radius 1 is 1.21 bits per heavy atom. The van der Waals surface area contributed by atoms with Gasteiger partial charge in [0.25, 0.3) is 0 Å². The van der Waals surface area contributed by atoms with E-state index in [-0.39, 0.29) is 0 Å². The molecule has 3 N–H and O–H groups in total. The number of rotatable bonds is 2. The van der Waals surface area contributed by atoms with Crippen molar-refractivity contribution < 1.29 is 18.8 Å². The fourth-order valence-corrected chi connectivity index (χ4v) is 1.92. The predicted octanol–water partition coefficient (Wildman–Crippen LogP) is 2.16. The maximum atomic E-state index is 13.3. The summed E-state index contributed by atoms with van der Waals surface area (Å²) < 4.78 is 25.0. The molecule has 0 bridgehead atoms. The molecular weight excluding hydrogens is 248 g/mol. The minimum Gasteiger partial charge on any atom is -0.505 e. The molecule has 0 aromatic heterocycles. The number of halogens is 1. The number of nitrogens with two attached hydrogens (primary N) is 1. The van der Waals surface area contributed by atoms with Gasteiger partial charge in [0.2, 0.25) is 0 Å². The molecular formula is C13H19BFNO3. The van der Waals surface area contributed by atoms with Gasteiger partial charge in [0, 0.05) is 0 Å². The van der Waals surface area contributed by atoms with E-state index in [1.165, 1.54) is 12.1 Å². The first-order valence-corrected chi connectivity index (χ1v) is 6.24.